The van der Waals surface area contributed by atoms with E-state index >= 15 is 0 Å². The predicted octanol–water partition coefficient (Wildman–Crippen LogP) is 3.28. The second-order valence-electron chi connectivity index (χ2n) is 5.43. The summed E-state index contributed by atoms with van der Waals surface area (Å²) in [7, 11) is 0. The molecule has 2 rings (SSSR count). The van der Waals surface area contributed by atoms with Crippen LogP contribution in [-0.4, -0.2) is 23.5 Å². The normalized spacial score (nSPS) is 34.9. The minimum Gasteiger partial charge on any atom is -0.365 e. The lowest BCUT2D eigenvalue weighted by atomic mass is 9.81. The molecule has 0 amide bonds. The third kappa shape index (κ3) is 3.69. The van der Waals surface area contributed by atoms with Crippen LogP contribution in [0.2, 0.25) is 0 Å². The number of hydrogen-bond donors (Lipinski definition) is 1. The largest absolute Gasteiger partial charge is 0.365 e. The molecule has 1 aliphatic carbocycles. The lowest BCUT2D eigenvalue weighted by Gasteiger charge is -2.26. The molecule has 0 saturated heterocycles. The Kier molecular flexibility index (Phi) is 4.56. The Morgan fingerprint density at radius 3 is 2.94 bits per heavy atom. The molecular weight excluding hydrogens is 216 g/mol. The standard InChI is InChI=1S/C13H24N2S/c1-10-4-3-5-12(8-10)6-7-14-13-15-9-11(2)16-13/h10-12H,3-9H2,1-2H3,(H,14,15). The molecule has 2 aliphatic rings. The number of nitrogens with zero attached hydrogens (tertiary/aromatic N) is 1. The topological polar surface area (TPSA) is 24.4 Å². The highest BCUT2D eigenvalue weighted by atomic mass is 32.2. The van der Waals surface area contributed by atoms with Crippen molar-refractivity contribution in [1.82, 2.24) is 5.32 Å². The van der Waals surface area contributed by atoms with Crippen LogP contribution >= 0.6 is 11.8 Å². The van der Waals surface area contributed by atoms with Gasteiger partial charge in [-0.2, -0.15) is 0 Å². The van der Waals surface area contributed by atoms with E-state index < -0.39 is 0 Å². The summed E-state index contributed by atoms with van der Waals surface area (Å²) in [5.74, 6) is 1.91. The van der Waals surface area contributed by atoms with Crippen molar-refractivity contribution in [3.63, 3.8) is 0 Å². The molecule has 1 aliphatic heterocycles. The Balaban J connectivity index is 1.61. The van der Waals surface area contributed by atoms with E-state index in [2.05, 4.69) is 24.2 Å². The van der Waals surface area contributed by atoms with Gasteiger partial charge in [0, 0.05) is 11.8 Å². The fraction of sp³-hybridized carbons (Fsp3) is 0.923. The lowest BCUT2D eigenvalue weighted by molar-refractivity contribution is 0.270. The molecule has 0 bridgehead atoms. The Hall–Kier alpha value is -0.180. The van der Waals surface area contributed by atoms with Crippen molar-refractivity contribution in [2.75, 3.05) is 13.1 Å². The first-order chi connectivity index (χ1) is 7.74. The van der Waals surface area contributed by atoms with Crippen molar-refractivity contribution in [3.8, 4) is 0 Å². The number of thioether (sulfide) groups is 1. The van der Waals surface area contributed by atoms with Gasteiger partial charge < -0.3 is 5.32 Å². The summed E-state index contributed by atoms with van der Waals surface area (Å²) in [6.07, 6.45) is 7.11. The number of nitrogens with one attached hydrogen (secondary N) is 1. The third-order valence-corrected chi connectivity index (χ3v) is 4.73. The van der Waals surface area contributed by atoms with Gasteiger partial charge in [-0.05, 0) is 24.7 Å². The van der Waals surface area contributed by atoms with Crippen LogP contribution in [0.4, 0.5) is 0 Å². The average molecular weight is 240 g/mol. The molecule has 3 unspecified atom stereocenters. The first kappa shape index (κ1) is 12.3. The van der Waals surface area contributed by atoms with Gasteiger partial charge in [0.05, 0.1) is 6.54 Å². The minimum atomic E-state index is 0.678. The number of rotatable bonds is 3. The smallest absolute Gasteiger partial charge is 0.156 e. The van der Waals surface area contributed by atoms with E-state index in [1.54, 1.807) is 0 Å². The van der Waals surface area contributed by atoms with Crippen molar-refractivity contribution in [3.05, 3.63) is 0 Å². The molecule has 0 spiro atoms. The Morgan fingerprint density at radius 2 is 2.25 bits per heavy atom. The van der Waals surface area contributed by atoms with Gasteiger partial charge in [0.25, 0.3) is 0 Å². The van der Waals surface area contributed by atoms with Crippen molar-refractivity contribution in [2.24, 2.45) is 16.8 Å². The van der Waals surface area contributed by atoms with Gasteiger partial charge in [0.1, 0.15) is 0 Å². The second-order valence-corrected chi connectivity index (χ2v) is 6.85. The monoisotopic (exact) mass is 240 g/mol. The van der Waals surface area contributed by atoms with Gasteiger partial charge in [-0.15, -0.1) is 0 Å². The van der Waals surface area contributed by atoms with Crippen molar-refractivity contribution in [1.29, 1.82) is 0 Å². The summed E-state index contributed by atoms with van der Waals surface area (Å²) < 4.78 is 0. The van der Waals surface area contributed by atoms with Gasteiger partial charge in [-0.1, -0.05) is 44.9 Å². The fourth-order valence-corrected chi connectivity index (χ4v) is 3.64. The number of aliphatic imine (C=N–C) groups is 1. The molecule has 1 fully saturated rings. The third-order valence-electron chi connectivity index (χ3n) is 3.68. The highest BCUT2D eigenvalue weighted by Gasteiger charge is 2.19. The van der Waals surface area contributed by atoms with Gasteiger partial charge >= 0.3 is 0 Å². The lowest BCUT2D eigenvalue weighted by Crippen LogP contribution is -2.24. The van der Waals surface area contributed by atoms with E-state index in [1.807, 2.05) is 11.8 Å². The first-order valence-electron chi connectivity index (χ1n) is 6.69. The molecule has 92 valence electrons. The first-order valence-corrected chi connectivity index (χ1v) is 7.57. The molecule has 16 heavy (non-hydrogen) atoms. The van der Waals surface area contributed by atoms with E-state index in [0.717, 1.165) is 24.9 Å². The van der Waals surface area contributed by atoms with E-state index in [4.69, 9.17) is 0 Å². The average Bonchev–Trinajstić information content (AvgIpc) is 2.64. The zero-order valence-electron chi connectivity index (χ0n) is 10.5. The van der Waals surface area contributed by atoms with Crippen LogP contribution in [0.3, 0.4) is 0 Å². The van der Waals surface area contributed by atoms with Crippen LogP contribution in [0.1, 0.15) is 46.0 Å². The van der Waals surface area contributed by atoms with Crippen LogP contribution in [0.15, 0.2) is 4.99 Å². The summed E-state index contributed by atoms with van der Waals surface area (Å²) in [5, 5.41) is 5.34. The maximum Gasteiger partial charge on any atom is 0.156 e. The SMILES string of the molecule is CC1CCCC(CCNC2=NCC(C)S2)C1. The van der Waals surface area contributed by atoms with Crippen LogP contribution in [0.5, 0.6) is 0 Å². The van der Waals surface area contributed by atoms with Crippen molar-refractivity contribution >= 4 is 16.9 Å². The zero-order valence-corrected chi connectivity index (χ0v) is 11.4. The fourth-order valence-electron chi connectivity index (χ4n) is 2.78. The van der Waals surface area contributed by atoms with Gasteiger partial charge in [0.2, 0.25) is 0 Å². The highest BCUT2D eigenvalue weighted by Crippen LogP contribution is 2.30. The van der Waals surface area contributed by atoms with Crippen LogP contribution in [0.25, 0.3) is 0 Å². The number of hydrogen-bond acceptors (Lipinski definition) is 3. The quantitative estimate of drug-likeness (QED) is 0.818. The molecule has 0 aromatic carbocycles. The molecular formula is C13H24N2S. The van der Waals surface area contributed by atoms with E-state index in [-0.39, 0.29) is 0 Å². The molecule has 2 nitrogen and oxygen atoms in total. The maximum atomic E-state index is 4.48. The van der Waals surface area contributed by atoms with Crippen LogP contribution in [0, 0.1) is 11.8 Å². The predicted molar refractivity (Wildman–Crippen MR) is 73.1 cm³/mol. The molecule has 0 aromatic heterocycles. The van der Waals surface area contributed by atoms with E-state index in [1.165, 1.54) is 37.3 Å². The second kappa shape index (κ2) is 5.95. The van der Waals surface area contributed by atoms with Gasteiger partial charge in [-0.3, -0.25) is 4.99 Å². The number of amidine groups is 1. The summed E-state index contributed by atoms with van der Waals surface area (Å²) in [4.78, 5) is 4.48. The van der Waals surface area contributed by atoms with Crippen LogP contribution < -0.4 is 5.32 Å². The maximum absolute atomic E-state index is 4.48. The van der Waals surface area contributed by atoms with Gasteiger partial charge in [0.15, 0.2) is 5.17 Å². The molecule has 0 radical (unpaired) electrons. The Labute approximate surface area is 104 Å². The Bertz CT molecular complexity index is 252. The van der Waals surface area contributed by atoms with Crippen molar-refractivity contribution < 1.29 is 0 Å². The van der Waals surface area contributed by atoms with Crippen LogP contribution in [-0.2, 0) is 0 Å². The summed E-state index contributed by atoms with van der Waals surface area (Å²) in [6.45, 7) is 6.76. The highest BCUT2D eigenvalue weighted by molar-refractivity contribution is 8.14. The minimum absolute atomic E-state index is 0.678. The molecule has 1 heterocycles. The van der Waals surface area contributed by atoms with E-state index in [9.17, 15) is 0 Å². The Morgan fingerprint density at radius 1 is 1.38 bits per heavy atom. The van der Waals surface area contributed by atoms with E-state index in [0.29, 0.717) is 5.25 Å². The van der Waals surface area contributed by atoms with Crippen molar-refractivity contribution in [2.45, 2.75) is 51.2 Å². The molecule has 1 saturated carbocycles. The zero-order chi connectivity index (χ0) is 11.4. The molecule has 1 N–H and O–H groups in total. The van der Waals surface area contributed by atoms with Gasteiger partial charge in [-0.25, -0.2) is 0 Å². The summed E-state index contributed by atoms with van der Waals surface area (Å²) in [5.41, 5.74) is 0. The summed E-state index contributed by atoms with van der Waals surface area (Å²) in [6, 6.07) is 0. The molecule has 3 heteroatoms. The molecule has 0 aromatic rings. The molecule has 3 atom stereocenters. The summed E-state index contributed by atoms with van der Waals surface area (Å²) >= 11 is 1.89.